The zero-order valence-corrected chi connectivity index (χ0v) is 9.77. The van der Waals surface area contributed by atoms with E-state index in [0.717, 1.165) is 0 Å². The molecule has 0 saturated carbocycles. The van der Waals surface area contributed by atoms with Crippen LogP contribution < -0.4 is 4.74 Å². The molecule has 0 bridgehead atoms. The van der Waals surface area contributed by atoms with Crippen LogP contribution in [0.15, 0.2) is 22.7 Å². The Hall–Kier alpha value is -1.88. The molecule has 0 atom stereocenters. The molecule has 1 aromatic heterocycles. The SMILES string of the molecule is Cc1noc(COc2ccc(Cl)cc2C=O)n1. The molecule has 0 saturated heterocycles. The largest absolute Gasteiger partial charge is 0.483 e. The smallest absolute Gasteiger partial charge is 0.264 e. The fraction of sp³-hybridized carbons (Fsp3) is 0.182. The molecule has 0 amide bonds. The molecular formula is C11H9ClN2O3. The molecule has 5 nitrogen and oxygen atoms in total. The first-order valence-electron chi connectivity index (χ1n) is 4.86. The lowest BCUT2D eigenvalue weighted by atomic mass is 10.2. The van der Waals surface area contributed by atoms with E-state index >= 15 is 0 Å². The zero-order chi connectivity index (χ0) is 12.3. The summed E-state index contributed by atoms with van der Waals surface area (Å²) in [5.74, 6) is 1.32. The van der Waals surface area contributed by atoms with E-state index in [2.05, 4.69) is 10.1 Å². The van der Waals surface area contributed by atoms with Gasteiger partial charge in [-0.2, -0.15) is 4.98 Å². The lowest BCUT2D eigenvalue weighted by Crippen LogP contribution is -1.98. The Morgan fingerprint density at radius 1 is 1.53 bits per heavy atom. The van der Waals surface area contributed by atoms with E-state index in [1.807, 2.05) is 0 Å². The number of aromatic nitrogens is 2. The molecule has 2 aromatic rings. The Balaban J connectivity index is 2.11. The summed E-state index contributed by atoms with van der Waals surface area (Å²) in [6, 6.07) is 4.79. The lowest BCUT2D eigenvalue weighted by Gasteiger charge is -2.05. The van der Waals surface area contributed by atoms with Crippen molar-refractivity contribution in [2.75, 3.05) is 0 Å². The van der Waals surface area contributed by atoms with E-state index < -0.39 is 0 Å². The van der Waals surface area contributed by atoms with Crippen LogP contribution >= 0.6 is 11.6 Å². The molecule has 0 aliphatic rings. The monoisotopic (exact) mass is 252 g/mol. The summed E-state index contributed by atoms with van der Waals surface area (Å²) in [4.78, 5) is 14.8. The van der Waals surface area contributed by atoms with Crippen molar-refractivity contribution in [2.24, 2.45) is 0 Å². The highest BCUT2D eigenvalue weighted by Gasteiger charge is 2.07. The van der Waals surface area contributed by atoms with Crippen LogP contribution in [0.1, 0.15) is 22.1 Å². The quantitative estimate of drug-likeness (QED) is 0.782. The molecule has 0 spiro atoms. The number of rotatable bonds is 4. The fourth-order valence-corrected chi connectivity index (χ4v) is 1.46. The van der Waals surface area contributed by atoms with Gasteiger partial charge in [0.2, 0.25) is 0 Å². The minimum absolute atomic E-state index is 0.114. The Kier molecular flexibility index (Phi) is 3.39. The molecule has 0 N–H and O–H groups in total. The lowest BCUT2D eigenvalue weighted by molar-refractivity contribution is 0.111. The zero-order valence-electron chi connectivity index (χ0n) is 9.01. The van der Waals surface area contributed by atoms with Gasteiger partial charge in [0.05, 0.1) is 5.56 Å². The number of aryl methyl sites for hydroxylation is 1. The third-order valence-corrected chi connectivity index (χ3v) is 2.25. The Morgan fingerprint density at radius 3 is 3.00 bits per heavy atom. The normalized spacial score (nSPS) is 10.2. The second-order valence-electron chi connectivity index (χ2n) is 3.32. The van der Waals surface area contributed by atoms with Crippen molar-refractivity contribution in [3.05, 3.63) is 40.5 Å². The van der Waals surface area contributed by atoms with Gasteiger partial charge in [0, 0.05) is 5.02 Å². The number of aldehydes is 1. The first-order valence-corrected chi connectivity index (χ1v) is 5.23. The molecule has 0 unspecified atom stereocenters. The van der Waals surface area contributed by atoms with Gasteiger partial charge in [-0.1, -0.05) is 16.8 Å². The van der Waals surface area contributed by atoms with Crippen LogP contribution in [-0.4, -0.2) is 16.4 Å². The molecule has 0 radical (unpaired) electrons. The molecule has 88 valence electrons. The molecule has 0 aliphatic carbocycles. The fourth-order valence-electron chi connectivity index (χ4n) is 1.28. The van der Waals surface area contributed by atoms with E-state index in [-0.39, 0.29) is 6.61 Å². The second kappa shape index (κ2) is 4.97. The predicted molar refractivity (Wildman–Crippen MR) is 60.2 cm³/mol. The molecule has 0 aliphatic heterocycles. The molecule has 1 aromatic carbocycles. The van der Waals surface area contributed by atoms with Crippen molar-refractivity contribution in [3.8, 4) is 5.75 Å². The number of ether oxygens (including phenoxy) is 1. The number of carbonyl (C=O) groups is 1. The Labute approximate surface area is 102 Å². The summed E-state index contributed by atoms with van der Waals surface area (Å²) in [5.41, 5.74) is 0.383. The summed E-state index contributed by atoms with van der Waals surface area (Å²) in [5, 5.41) is 4.11. The topological polar surface area (TPSA) is 65.2 Å². The maximum Gasteiger partial charge on any atom is 0.264 e. The van der Waals surface area contributed by atoms with Crippen molar-refractivity contribution in [1.82, 2.24) is 10.1 Å². The first kappa shape index (κ1) is 11.6. The number of hydrogen-bond acceptors (Lipinski definition) is 5. The first-order chi connectivity index (χ1) is 8.19. The van der Waals surface area contributed by atoms with Gasteiger partial charge in [-0.05, 0) is 25.1 Å². The molecule has 1 heterocycles. The molecule has 0 fully saturated rings. The van der Waals surface area contributed by atoms with Crippen LogP contribution in [0.4, 0.5) is 0 Å². The average Bonchev–Trinajstić information content (AvgIpc) is 2.73. The van der Waals surface area contributed by atoms with Gasteiger partial charge >= 0.3 is 0 Å². The van der Waals surface area contributed by atoms with Gasteiger partial charge < -0.3 is 9.26 Å². The van der Waals surface area contributed by atoms with Crippen LogP contribution in [0, 0.1) is 6.92 Å². The summed E-state index contributed by atoms with van der Waals surface area (Å²) in [6.45, 7) is 1.83. The van der Waals surface area contributed by atoms with Gasteiger partial charge in [0.15, 0.2) is 18.7 Å². The molecule has 6 heteroatoms. The summed E-state index contributed by atoms with van der Waals surface area (Å²) < 4.78 is 10.3. The maximum atomic E-state index is 10.8. The van der Waals surface area contributed by atoms with E-state index in [1.165, 1.54) is 6.07 Å². The number of halogens is 1. The summed E-state index contributed by atoms with van der Waals surface area (Å²) in [6.07, 6.45) is 0.681. The third-order valence-electron chi connectivity index (χ3n) is 2.02. The minimum Gasteiger partial charge on any atom is -0.483 e. The highest BCUT2D eigenvalue weighted by atomic mass is 35.5. The number of nitrogens with zero attached hydrogens (tertiary/aromatic N) is 2. The van der Waals surface area contributed by atoms with Gasteiger partial charge in [-0.15, -0.1) is 0 Å². The van der Waals surface area contributed by atoms with Crippen molar-refractivity contribution in [1.29, 1.82) is 0 Å². The van der Waals surface area contributed by atoms with E-state index in [1.54, 1.807) is 19.1 Å². The average molecular weight is 253 g/mol. The predicted octanol–water partition coefficient (Wildman–Crippen LogP) is 2.42. The van der Waals surface area contributed by atoms with Crippen LogP contribution in [0.25, 0.3) is 0 Å². The highest BCUT2D eigenvalue weighted by Crippen LogP contribution is 2.22. The van der Waals surface area contributed by atoms with Gasteiger partial charge in [0.1, 0.15) is 5.75 Å². The number of carbonyl (C=O) groups excluding carboxylic acids is 1. The molecular weight excluding hydrogens is 244 g/mol. The standard InChI is InChI=1S/C11H9ClN2O3/c1-7-13-11(17-14-7)6-16-10-3-2-9(12)4-8(10)5-15/h2-5H,6H2,1H3. The van der Waals surface area contributed by atoms with Gasteiger partial charge in [-0.25, -0.2) is 0 Å². The van der Waals surface area contributed by atoms with Crippen LogP contribution in [-0.2, 0) is 6.61 Å². The van der Waals surface area contributed by atoms with E-state index in [0.29, 0.717) is 34.3 Å². The van der Waals surface area contributed by atoms with E-state index in [9.17, 15) is 4.79 Å². The highest BCUT2D eigenvalue weighted by molar-refractivity contribution is 6.30. The van der Waals surface area contributed by atoms with E-state index in [4.69, 9.17) is 20.9 Å². The number of benzene rings is 1. The van der Waals surface area contributed by atoms with Gasteiger partial charge in [-0.3, -0.25) is 4.79 Å². The van der Waals surface area contributed by atoms with Crippen LogP contribution in [0.5, 0.6) is 5.75 Å². The summed E-state index contributed by atoms with van der Waals surface area (Å²) >= 11 is 5.76. The van der Waals surface area contributed by atoms with Crippen LogP contribution in [0.2, 0.25) is 5.02 Å². The van der Waals surface area contributed by atoms with Crippen molar-refractivity contribution in [3.63, 3.8) is 0 Å². The van der Waals surface area contributed by atoms with Crippen LogP contribution in [0.3, 0.4) is 0 Å². The Morgan fingerprint density at radius 2 is 2.35 bits per heavy atom. The van der Waals surface area contributed by atoms with Gasteiger partial charge in [0.25, 0.3) is 5.89 Å². The van der Waals surface area contributed by atoms with Crippen molar-refractivity contribution >= 4 is 17.9 Å². The van der Waals surface area contributed by atoms with Crippen molar-refractivity contribution in [2.45, 2.75) is 13.5 Å². The maximum absolute atomic E-state index is 10.8. The summed E-state index contributed by atoms with van der Waals surface area (Å²) in [7, 11) is 0. The Bertz CT molecular complexity index is 539. The number of hydrogen-bond donors (Lipinski definition) is 0. The second-order valence-corrected chi connectivity index (χ2v) is 3.76. The molecule has 17 heavy (non-hydrogen) atoms. The molecule has 2 rings (SSSR count). The minimum atomic E-state index is 0.114. The van der Waals surface area contributed by atoms with Crippen molar-refractivity contribution < 1.29 is 14.1 Å². The third kappa shape index (κ3) is 2.82.